The zero-order valence-electron chi connectivity index (χ0n) is 11.0. The fraction of sp³-hybridized carbons (Fsp3) is 0.538. The number of nitrogens with one attached hydrogen (secondary N) is 1. The van der Waals surface area contributed by atoms with Gasteiger partial charge in [0.2, 0.25) is 0 Å². The molecule has 3 nitrogen and oxygen atoms in total. The van der Waals surface area contributed by atoms with Crippen LogP contribution >= 0.6 is 15.9 Å². The van der Waals surface area contributed by atoms with Crippen LogP contribution in [0.3, 0.4) is 0 Å². The Morgan fingerprint density at radius 2 is 1.95 bits per heavy atom. The summed E-state index contributed by atoms with van der Waals surface area (Å²) in [5, 5.41) is 3.34. The lowest BCUT2D eigenvalue weighted by Crippen LogP contribution is -2.36. The lowest BCUT2D eigenvalue weighted by Gasteiger charge is -2.30. The van der Waals surface area contributed by atoms with Crippen molar-refractivity contribution in [2.45, 2.75) is 25.2 Å². The molecule has 0 amide bonds. The summed E-state index contributed by atoms with van der Waals surface area (Å²) < 4.78 is 40.7. The first kappa shape index (κ1) is 15.4. The Kier molecular flexibility index (Phi) is 4.80. The van der Waals surface area contributed by atoms with Crippen LogP contribution in [0.25, 0.3) is 0 Å². The molecule has 0 spiro atoms. The molecule has 1 fully saturated rings. The molecule has 1 aromatic carbocycles. The summed E-state index contributed by atoms with van der Waals surface area (Å²) in [7, 11) is 2.08. The van der Waals surface area contributed by atoms with Crippen LogP contribution < -0.4 is 10.1 Å². The van der Waals surface area contributed by atoms with Gasteiger partial charge in [0.15, 0.2) is 0 Å². The molecule has 0 atom stereocenters. The van der Waals surface area contributed by atoms with Crippen LogP contribution in [0.15, 0.2) is 22.7 Å². The molecule has 0 aromatic heterocycles. The highest BCUT2D eigenvalue weighted by molar-refractivity contribution is 9.10. The summed E-state index contributed by atoms with van der Waals surface area (Å²) in [6.07, 6.45) is -2.63. The first-order valence-corrected chi connectivity index (χ1v) is 7.13. The van der Waals surface area contributed by atoms with Gasteiger partial charge in [-0.1, -0.05) is 0 Å². The maximum Gasteiger partial charge on any atom is 0.573 e. The molecule has 1 aromatic rings. The number of piperidine rings is 1. The number of ether oxygens (including phenoxy) is 1. The number of nitrogens with zero attached hydrogens (tertiary/aromatic N) is 1. The summed E-state index contributed by atoms with van der Waals surface area (Å²) in [5.41, 5.74) is 0.793. The molecule has 1 saturated heterocycles. The average Bonchev–Trinajstić information content (AvgIpc) is 2.34. The number of alkyl halides is 3. The molecule has 1 aliphatic heterocycles. The van der Waals surface area contributed by atoms with E-state index in [1.165, 1.54) is 6.07 Å². The molecule has 0 unspecified atom stereocenters. The van der Waals surface area contributed by atoms with Crippen molar-refractivity contribution in [3.63, 3.8) is 0 Å². The van der Waals surface area contributed by atoms with Crippen molar-refractivity contribution in [3.05, 3.63) is 22.7 Å². The number of hydrogen-bond donors (Lipinski definition) is 1. The van der Waals surface area contributed by atoms with E-state index in [2.05, 4.69) is 37.9 Å². The summed E-state index contributed by atoms with van der Waals surface area (Å²) in [6, 6.07) is 4.88. The summed E-state index contributed by atoms with van der Waals surface area (Å²) in [6.45, 7) is 2.04. The quantitative estimate of drug-likeness (QED) is 0.893. The minimum Gasteiger partial charge on any atom is -0.405 e. The molecule has 112 valence electrons. The van der Waals surface area contributed by atoms with Crippen molar-refractivity contribution in [2.75, 3.05) is 25.5 Å². The van der Waals surface area contributed by atoms with E-state index in [0.717, 1.165) is 31.6 Å². The monoisotopic (exact) mass is 352 g/mol. The fourth-order valence-electron chi connectivity index (χ4n) is 2.19. The molecule has 7 heteroatoms. The Labute approximate surface area is 124 Å². The highest BCUT2D eigenvalue weighted by Gasteiger charge is 2.32. The minimum absolute atomic E-state index is 0.230. The molecule has 1 N–H and O–H groups in total. The van der Waals surface area contributed by atoms with Crippen molar-refractivity contribution >= 4 is 21.6 Å². The minimum atomic E-state index is -4.68. The molecule has 0 radical (unpaired) electrons. The number of benzene rings is 1. The molecule has 0 saturated carbocycles. The lowest BCUT2D eigenvalue weighted by molar-refractivity contribution is -0.274. The van der Waals surface area contributed by atoms with Crippen LogP contribution in [0.5, 0.6) is 5.75 Å². The Hall–Kier alpha value is -0.950. The maximum absolute atomic E-state index is 12.2. The zero-order chi connectivity index (χ0) is 14.8. The molecular weight excluding hydrogens is 337 g/mol. The Balaban J connectivity index is 1.98. The van der Waals surface area contributed by atoms with E-state index in [-0.39, 0.29) is 10.2 Å². The standard InChI is InChI=1S/C13H16BrF3N2O/c1-19-6-4-9(5-7-19)18-10-2-3-12(11(14)8-10)20-13(15,16)17/h2-3,8-9,18H,4-7H2,1H3. The molecule has 20 heavy (non-hydrogen) atoms. The summed E-state index contributed by atoms with van der Waals surface area (Å²) in [4.78, 5) is 2.26. The predicted molar refractivity (Wildman–Crippen MR) is 75.0 cm³/mol. The first-order valence-electron chi connectivity index (χ1n) is 6.34. The van der Waals surface area contributed by atoms with Gasteiger partial charge in [0.05, 0.1) is 4.47 Å². The smallest absolute Gasteiger partial charge is 0.405 e. The van der Waals surface area contributed by atoms with Crippen LogP contribution in [-0.4, -0.2) is 37.4 Å². The number of halogens is 4. The van der Waals surface area contributed by atoms with E-state index in [0.29, 0.717) is 6.04 Å². The van der Waals surface area contributed by atoms with Crippen LogP contribution in [0.4, 0.5) is 18.9 Å². The number of rotatable bonds is 3. The Morgan fingerprint density at radius 1 is 1.30 bits per heavy atom. The molecule has 0 aliphatic carbocycles. The van der Waals surface area contributed by atoms with Crippen molar-refractivity contribution in [2.24, 2.45) is 0 Å². The molecule has 1 aliphatic rings. The van der Waals surface area contributed by atoms with Gasteiger partial charge < -0.3 is 15.0 Å². The topological polar surface area (TPSA) is 24.5 Å². The predicted octanol–water partition coefficient (Wildman–Crippen LogP) is 3.85. The van der Waals surface area contributed by atoms with Crippen molar-refractivity contribution in [3.8, 4) is 5.75 Å². The van der Waals surface area contributed by atoms with E-state index in [9.17, 15) is 13.2 Å². The van der Waals surface area contributed by atoms with Gasteiger partial charge in [-0.05, 0) is 67.1 Å². The highest BCUT2D eigenvalue weighted by atomic mass is 79.9. The second kappa shape index (κ2) is 6.22. The highest BCUT2D eigenvalue weighted by Crippen LogP contribution is 2.32. The normalized spacial score (nSPS) is 18.1. The molecule has 2 rings (SSSR count). The van der Waals surface area contributed by atoms with E-state index in [1.807, 2.05) is 0 Å². The lowest BCUT2D eigenvalue weighted by atomic mass is 10.1. The van der Waals surface area contributed by atoms with E-state index >= 15 is 0 Å². The number of hydrogen-bond acceptors (Lipinski definition) is 3. The van der Waals surface area contributed by atoms with E-state index in [4.69, 9.17) is 0 Å². The van der Waals surface area contributed by atoms with Crippen LogP contribution in [-0.2, 0) is 0 Å². The Bertz CT molecular complexity index is 459. The SMILES string of the molecule is CN1CCC(Nc2ccc(OC(F)(F)F)c(Br)c2)CC1. The van der Waals surface area contributed by atoms with E-state index < -0.39 is 6.36 Å². The van der Waals surface area contributed by atoms with Crippen LogP contribution in [0.2, 0.25) is 0 Å². The molecular formula is C13H16BrF3N2O. The van der Waals surface area contributed by atoms with Crippen LogP contribution in [0, 0.1) is 0 Å². The third kappa shape index (κ3) is 4.56. The van der Waals surface area contributed by atoms with Gasteiger partial charge in [-0.15, -0.1) is 13.2 Å². The second-order valence-corrected chi connectivity index (χ2v) is 5.77. The summed E-state index contributed by atoms with van der Waals surface area (Å²) >= 11 is 3.10. The van der Waals surface area contributed by atoms with Gasteiger partial charge in [0.25, 0.3) is 0 Å². The van der Waals surface area contributed by atoms with E-state index in [1.54, 1.807) is 12.1 Å². The molecule has 1 heterocycles. The Morgan fingerprint density at radius 3 is 2.50 bits per heavy atom. The van der Waals surface area contributed by atoms with Crippen molar-refractivity contribution in [1.29, 1.82) is 0 Å². The first-order chi connectivity index (χ1) is 9.33. The van der Waals surface area contributed by atoms with Gasteiger partial charge >= 0.3 is 6.36 Å². The zero-order valence-corrected chi connectivity index (χ0v) is 12.6. The van der Waals surface area contributed by atoms with Gasteiger partial charge in [-0.25, -0.2) is 0 Å². The van der Waals surface area contributed by atoms with Gasteiger partial charge in [-0.3, -0.25) is 0 Å². The average molecular weight is 353 g/mol. The second-order valence-electron chi connectivity index (χ2n) is 4.91. The largest absolute Gasteiger partial charge is 0.573 e. The third-order valence-corrected chi connectivity index (χ3v) is 3.87. The molecule has 0 bridgehead atoms. The fourth-order valence-corrected chi connectivity index (χ4v) is 2.65. The van der Waals surface area contributed by atoms with Crippen molar-refractivity contribution in [1.82, 2.24) is 4.90 Å². The van der Waals surface area contributed by atoms with Crippen molar-refractivity contribution < 1.29 is 17.9 Å². The number of anilines is 1. The third-order valence-electron chi connectivity index (χ3n) is 3.25. The number of likely N-dealkylation sites (tertiary alicyclic amines) is 1. The van der Waals surface area contributed by atoms with Gasteiger partial charge in [-0.2, -0.15) is 0 Å². The summed E-state index contributed by atoms with van der Waals surface area (Å²) in [5.74, 6) is -0.230. The van der Waals surface area contributed by atoms with Gasteiger partial charge in [0.1, 0.15) is 5.75 Å². The van der Waals surface area contributed by atoms with Crippen LogP contribution in [0.1, 0.15) is 12.8 Å². The van der Waals surface area contributed by atoms with Gasteiger partial charge in [0, 0.05) is 11.7 Å². The maximum atomic E-state index is 12.2.